The summed E-state index contributed by atoms with van der Waals surface area (Å²) in [4.78, 5) is 0. The van der Waals surface area contributed by atoms with Crippen molar-refractivity contribution in [1.82, 2.24) is 0 Å². The van der Waals surface area contributed by atoms with E-state index in [1.165, 1.54) is 0 Å². The number of nitrogens with zero attached hydrogens (tertiary/aromatic N) is 1. The molecule has 0 aliphatic carbocycles. The lowest BCUT2D eigenvalue weighted by Crippen LogP contribution is -2.00. The number of benzene rings is 1. The Morgan fingerprint density at radius 1 is 1.38 bits per heavy atom. The third-order valence-corrected chi connectivity index (χ3v) is 2.05. The number of nitriles is 1. The third-order valence-electron chi connectivity index (χ3n) is 1.48. The fourth-order valence-electron chi connectivity index (χ4n) is 0.886. The molecule has 4 heteroatoms. The van der Waals surface area contributed by atoms with Crippen molar-refractivity contribution in [3.63, 3.8) is 0 Å². The Kier molecular flexibility index (Phi) is 3.88. The molecule has 0 radical (unpaired) electrons. The predicted octanol–water partition coefficient (Wildman–Crippen LogP) is 3.32. The summed E-state index contributed by atoms with van der Waals surface area (Å²) in [6, 6.07) is 7.21. The summed E-state index contributed by atoms with van der Waals surface area (Å²) in [5.74, 6) is 0. The van der Waals surface area contributed by atoms with Crippen molar-refractivity contribution in [2.75, 3.05) is 11.9 Å². The first kappa shape index (κ1) is 10.2. The molecular formula is C9H8Cl2N2. The van der Waals surface area contributed by atoms with Gasteiger partial charge in [-0.1, -0.05) is 23.2 Å². The van der Waals surface area contributed by atoms with Gasteiger partial charge in [-0.3, -0.25) is 0 Å². The number of rotatable bonds is 3. The van der Waals surface area contributed by atoms with Crippen LogP contribution in [0.5, 0.6) is 0 Å². The molecule has 0 heterocycles. The summed E-state index contributed by atoms with van der Waals surface area (Å²) < 4.78 is 0. The molecule has 0 aliphatic heterocycles. The molecule has 0 amide bonds. The molecule has 0 fully saturated rings. The van der Waals surface area contributed by atoms with Gasteiger partial charge in [-0.2, -0.15) is 5.26 Å². The van der Waals surface area contributed by atoms with E-state index in [9.17, 15) is 0 Å². The fraction of sp³-hybridized carbons (Fsp3) is 0.222. The van der Waals surface area contributed by atoms with Crippen LogP contribution in [0.15, 0.2) is 18.2 Å². The Morgan fingerprint density at radius 3 is 2.85 bits per heavy atom. The predicted molar refractivity (Wildman–Crippen MR) is 55.2 cm³/mol. The lowest BCUT2D eigenvalue weighted by molar-refractivity contribution is 1.08. The van der Waals surface area contributed by atoms with Gasteiger partial charge >= 0.3 is 0 Å². The van der Waals surface area contributed by atoms with E-state index in [0.29, 0.717) is 23.0 Å². The second-order valence-corrected chi connectivity index (χ2v) is 3.30. The number of halogens is 2. The van der Waals surface area contributed by atoms with Crippen molar-refractivity contribution in [3.05, 3.63) is 28.2 Å². The molecule has 2 nitrogen and oxygen atoms in total. The smallest absolute Gasteiger partial charge is 0.0640 e. The zero-order valence-corrected chi connectivity index (χ0v) is 8.36. The average Bonchev–Trinajstić information content (AvgIpc) is 2.11. The highest BCUT2D eigenvalue weighted by atomic mass is 35.5. The molecule has 0 saturated carbocycles. The Morgan fingerprint density at radius 2 is 2.15 bits per heavy atom. The normalized spacial score (nSPS) is 9.31. The summed E-state index contributed by atoms with van der Waals surface area (Å²) in [7, 11) is 0. The molecule has 0 aliphatic rings. The van der Waals surface area contributed by atoms with Crippen LogP contribution in [0.3, 0.4) is 0 Å². The van der Waals surface area contributed by atoms with Crippen LogP contribution >= 0.6 is 23.2 Å². The molecule has 1 N–H and O–H groups in total. The fourth-order valence-corrected chi connectivity index (χ4v) is 1.24. The Bertz CT molecular complexity index is 331. The molecule has 0 saturated heterocycles. The van der Waals surface area contributed by atoms with Crippen LogP contribution < -0.4 is 5.32 Å². The molecule has 68 valence electrons. The molecule has 1 aromatic carbocycles. The quantitative estimate of drug-likeness (QED) is 0.785. The van der Waals surface area contributed by atoms with E-state index in [1.807, 2.05) is 6.07 Å². The lowest BCUT2D eigenvalue weighted by Gasteiger charge is -2.06. The number of nitrogens with one attached hydrogen (secondary N) is 1. The first-order valence-electron chi connectivity index (χ1n) is 3.80. The number of anilines is 1. The summed E-state index contributed by atoms with van der Waals surface area (Å²) >= 11 is 11.6. The minimum absolute atomic E-state index is 0.447. The van der Waals surface area contributed by atoms with Gasteiger partial charge in [-0.15, -0.1) is 0 Å². The molecule has 0 spiro atoms. The van der Waals surface area contributed by atoms with E-state index in [-0.39, 0.29) is 0 Å². The van der Waals surface area contributed by atoms with E-state index in [0.717, 1.165) is 5.69 Å². The molecule has 1 rings (SSSR count). The topological polar surface area (TPSA) is 35.8 Å². The Balaban J connectivity index is 2.65. The van der Waals surface area contributed by atoms with Crippen molar-refractivity contribution in [1.29, 1.82) is 5.26 Å². The van der Waals surface area contributed by atoms with Crippen LogP contribution in [0.1, 0.15) is 6.42 Å². The van der Waals surface area contributed by atoms with Gasteiger partial charge in [0.1, 0.15) is 0 Å². The van der Waals surface area contributed by atoms with Gasteiger partial charge in [0.15, 0.2) is 0 Å². The van der Waals surface area contributed by atoms with Crippen LogP contribution in [0.25, 0.3) is 0 Å². The lowest BCUT2D eigenvalue weighted by atomic mass is 10.3. The van der Waals surface area contributed by atoms with Crippen molar-refractivity contribution >= 4 is 28.9 Å². The van der Waals surface area contributed by atoms with Gasteiger partial charge in [0.2, 0.25) is 0 Å². The highest BCUT2D eigenvalue weighted by Gasteiger charge is 1.99. The second-order valence-electron chi connectivity index (χ2n) is 2.46. The molecule has 0 atom stereocenters. The van der Waals surface area contributed by atoms with E-state index in [4.69, 9.17) is 28.5 Å². The van der Waals surface area contributed by atoms with Gasteiger partial charge in [0.25, 0.3) is 0 Å². The maximum atomic E-state index is 8.32. The molecule has 0 unspecified atom stereocenters. The standard InChI is InChI=1S/C9H8Cl2N2/c10-7-2-3-8(11)9(6-7)13-5-1-4-12/h2-3,6,13H,1,5H2. The zero-order chi connectivity index (χ0) is 9.68. The summed E-state index contributed by atoms with van der Waals surface area (Å²) in [6.45, 7) is 0.580. The summed E-state index contributed by atoms with van der Waals surface area (Å²) in [5.41, 5.74) is 0.768. The molecular weight excluding hydrogens is 207 g/mol. The van der Waals surface area contributed by atoms with Crippen LogP contribution in [0.4, 0.5) is 5.69 Å². The largest absolute Gasteiger partial charge is 0.383 e. The highest BCUT2D eigenvalue weighted by molar-refractivity contribution is 6.35. The van der Waals surface area contributed by atoms with E-state index in [2.05, 4.69) is 5.32 Å². The number of hydrogen-bond donors (Lipinski definition) is 1. The minimum Gasteiger partial charge on any atom is -0.383 e. The number of hydrogen-bond acceptors (Lipinski definition) is 2. The highest BCUT2D eigenvalue weighted by Crippen LogP contribution is 2.25. The van der Waals surface area contributed by atoms with E-state index in [1.54, 1.807) is 18.2 Å². The van der Waals surface area contributed by atoms with Crippen molar-refractivity contribution in [2.45, 2.75) is 6.42 Å². The minimum atomic E-state index is 0.447. The summed E-state index contributed by atoms with van der Waals surface area (Å²) in [5, 5.41) is 12.6. The molecule has 1 aromatic rings. The molecule has 0 aromatic heterocycles. The van der Waals surface area contributed by atoms with Gasteiger partial charge in [0.05, 0.1) is 23.2 Å². The van der Waals surface area contributed by atoms with Gasteiger partial charge in [-0.25, -0.2) is 0 Å². The van der Waals surface area contributed by atoms with E-state index < -0.39 is 0 Å². The van der Waals surface area contributed by atoms with E-state index >= 15 is 0 Å². The average molecular weight is 215 g/mol. The Hall–Kier alpha value is -0.910. The first-order valence-corrected chi connectivity index (χ1v) is 4.55. The molecule has 13 heavy (non-hydrogen) atoms. The van der Waals surface area contributed by atoms with Crippen LogP contribution in [-0.4, -0.2) is 6.54 Å². The summed E-state index contributed by atoms with van der Waals surface area (Å²) in [6.07, 6.45) is 0.447. The maximum absolute atomic E-state index is 8.32. The van der Waals surface area contributed by atoms with Crippen molar-refractivity contribution in [3.8, 4) is 6.07 Å². The Labute approximate surface area is 87.1 Å². The first-order chi connectivity index (χ1) is 6.24. The SMILES string of the molecule is N#CCCNc1cc(Cl)ccc1Cl. The van der Waals surface area contributed by atoms with Gasteiger partial charge in [-0.05, 0) is 18.2 Å². The van der Waals surface area contributed by atoms with Crippen LogP contribution in [-0.2, 0) is 0 Å². The molecule has 0 bridgehead atoms. The second kappa shape index (κ2) is 4.96. The third kappa shape index (κ3) is 3.14. The van der Waals surface area contributed by atoms with Crippen molar-refractivity contribution < 1.29 is 0 Å². The van der Waals surface area contributed by atoms with Gasteiger partial charge < -0.3 is 5.32 Å². The zero-order valence-electron chi connectivity index (χ0n) is 6.85. The monoisotopic (exact) mass is 214 g/mol. The maximum Gasteiger partial charge on any atom is 0.0640 e. The van der Waals surface area contributed by atoms with Gasteiger partial charge in [0, 0.05) is 11.6 Å². The van der Waals surface area contributed by atoms with Crippen LogP contribution in [0.2, 0.25) is 10.0 Å². The van der Waals surface area contributed by atoms with Crippen molar-refractivity contribution in [2.24, 2.45) is 0 Å². The van der Waals surface area contributed by atoms with Crippen LogP contribution in [0, 0.1) is 11.3 Å².